The summed E-state index contributed by atoms with van der Waals surface area (Å²) in [6.07, 6.45) is 0.457. The molecule has 9 nitrogen and oxygen atoms in total. The van der Waals surface area contributed by atoms with Crippen molar-refractivity contribution in [2.75, 3.05) is 50.1 Å². The number of aliphatic hydroxyl groups excluding tert-OH is 1. The van der Waals surface area contributed by atoms with Crippen LogP contribution in [0.2, 0.25) is 0 Å². The highest BCUT2D eigenvalue weighted by Gasteiger charge is 2.25. The lowest BCUT2D eigenvalue weighted by Crippen LogP contribution is -2.46. The number of sulfonamides is 1. The maximum atomic E-state index is 12.9. The molecule has 1 aromatic heterocycles. The van der Waals surface area contributed by atoms with Crippen LogP contribution in [0.5, 0.6) is 0 Å². The third kappa shape index (κ3) is 6.87. The van der Waals surface area contributed by atoms with E-state index in [-0.39, 0.29) is 11.5 Å². The molecular weight excluding hydrogens is 500 g/mol. The van der Waals surface area contributed by atoms with Gasteiger partial charge < -0.3 is 20.2 Å². The Morgan fingerprint density at radius 2 is 1.68 bits per heavy atom. The Balaban J connectivity index is 1.51. The molecule has 1 fully saturated rings. The van der Waals surface area contributed by atoms with Gasteiger partial charge in [-0.3, -0.25) is 0 Å². The van der Waals surface area contributed by atoms with Crippen LogP contribution in [0, 0.1) is 13.8 Å². The summed E-state index contributed by atoms with van der Waals surface area (Å²) < 4.78 is 28.3. The van der Waals surface area contributed by atoms with Crippen LogP contribution in [0.4, 0.5) is 17.3 Å². The van der Waals surface area contributed by atoms with Crippen molar-refractivity contribution in [3.05, 3.63) is 71.0 Å². The van der Waals surface area contributed by atoms with Gasteiger partial charge in [-0.2, -0.15) is 0 Å². The first-order chi connectivity index (χ1) is 18.0. The predicted octanol–water partition coefficient (Wildman–Crippen LogP) is 3.23. The van der Waals surface area contributed by atoms with Crippen molar-refractivity contribution in [2.45, 2.75) is 44.6 Å². The van der Waals surface area contributed by atoms with E-state index in [1.165, 1.54) is 5.69 Å². The van der Waals surface area contributed by atoms with Crippen LogP contribution in [-0.2, 0) is 16.4 Å². The molecule has 1 saturated heterocycles. The lowest BCUT2D eigenvalue weighted by molar-refractivity contribution is 0.208. The first-order valence-electron chi connectivity index (χ1n) is 12.8. The minimum atomic E-state index is -3.79. The zero-order valence-corrected chi connectivity index (χ0v) is 23.6. The second-order valence-corrected chi connectivity index (χ2v) is 12.3. The van der Waals surface area contributed by atoms with Gasteiger partial charge in [-0.1, -0.05) is 12.1 Å². The quantitative estimate of drug-likeness (QED) is 0.381. The van der Waals surface area contributed by atoms with Crippen LogP contribution >= 0.6 is 0 Å². The van der Waals surface area contributed by atoms with Crippen molar-refractivity contribution >= 4 is 27.3 Å². The molecule has 0 spiro atoms. The lowest BCUT2D eigenvalue weighted by Gasteiger charge is -2.34. The predicted molar refractivity (Wildman–Crippen MR) is 152 cm³/mol. The van der Waals surface area contributed by atoms with Gasteiger partial charge in [-0.05, 0) is 82.3 Å². The molecule has 204 valence electrons. The molecule has 3 N–H and O–H groups in total. The van der Waals surface area contributed by atoms with Crippen LogP contribution in [0.15, 0.2) is 53.4 Å². The number of hydrogen-bond donors (Lipinski definition) is 3. The zero-order chi connectivity index (χ0) is 27.5. The summed E-state index contributed by atoms with van der Waals surface area (Å²) in [6, 6.07) is 15.1. The fourth-order valence-electron chi connectivity index (χ4n) is 4.34. The Morgan fingerprint density at radius 3 is 2.34 bits per heavy atom. The molecule has 1 aliphatic rings. The summed E-state index contributed by atoms with van der Waals surface area (Å²) in [4.78, 5) is 14.3. The highest BCUT2D eigenvalue weighted by molar-refractivity contribution is 7.89. The number of rotatable bonds is 9. The largest absolute Gasteiger partial charge is 0.394 e. The average Bonchev–Trinajstić information content (AvgIpc) is 2.88. The van der Waals surface area contributed by atoms with Gasteiger partial charge in [0.05, 0.1) is 22.7 Å². The molecule has 0 radical (unpaired) electrons. The molecule has 2 heterocycles. The second-order valence-electron chi connectivity index (χ2n) is 10.6. The van der Waals surface area contributed by atoms with Crippen molar-refractivity contribution in [2.24, 2.45) is 0 Å². The SMILES string of the molecule is Cc1nc(Nc2ccc(N3CCN(C)CC3)cc2)nc(Cc2cccc(S(=O)(=O)NC(C)(C)CO)c2)c1C. The molecule has 3 aromatic rings. The van der Waals surface area contributed by atoms with Crippen molar-refractivity contribution in [1.82, 2.24) is 19.6 Å². The van der Waals surface area contributed by atoms with Gasteiger partial charge in [0.2, 0.25) is 16.0 Å². The molecule has 38 heavy (non-hydrogen) atoms. The second kappa shape index (κ2) is 11.4. The third-order valence-corrected chi connectivity index (χ3v) is 8.56. The average molecular weight is 539 g/mol. The van der Waals surface area contributed by atoms with E-state index < -0.39 is 15.6 Å². The van der Waals surface area contributed by atoms with Crippen LogP contribution in [0.1, 0.15) is 36.4 Å². The molecule has 0 unspecified atom stereocenters. The van der Waals surface area contributed by atoms with Crippen LogP contribution in [0.3, 0.4) is 0 Å². The molecule has 0 atom stereocenters. The van der Waals surface area contributed by atoms with Gasteiger partial charge in [0.15, 0.2) is 0 Å². The maximum Gasteiger partial charge on any atom is 0.241 e. The van der Waals surface area contributed by atoms with E-state index in [2.05, 4.69) is 44.0 Å². The monoisotopic (exact) mass is 538 g/mol. The Hall–Kier alpha value is -3.05. The topological polar surface area (TPSA) is 111 Å². The molecular formula is C28H38N6O3S. The van der Waals surface area contributed by atoms with Gasteiger partial charge in [0, 0.05) is 49.7 Å². The normalized spacial score (nSPS) is 15.1. The number of likely N-dealkylation sites (N-methyl/N-ethyl adjacent to an activating group) is 1. The van der Waals surface area contributed by atoms with Crippen LogP contribution < -0.4 is 14.9 Å². The fourth-order valence-corrected chi connectivity index (χ4v) is 5.81. The number of anilines is 3. The number of nitrogens with zero attached hydrogens (tertiary/aromatic N) is 4. The van der Waals surface area contributed by atoms with Crippen LogP contribution in [0.25, 0.3) is 0 Å². The molecule has 10 heteroatoms. The number of nitrogens with one attached hydrogen (secondary N) is 2. The highest BCUT2D eigenvalue weighted by Crippen LogP contribution is 2.23. The molecule has 0 amide bonds. The standard InChI is InChI=1S/C28H38N6O3S/c1-20-21(2)29-27(30-23-9-11-24(12-10-23)34-15-13-33(5)14-16-34)31-26(20)18-22-7-6-8-25(17-22)38(36,37)32-28(3,4)19-35/h6-12,17,32,35H,13-16,18-19H2,1-5H3,(H,29,30,31). The summed E-state index contributed by atoms with van der Waals surface area (Å²) in [7, 11) is -1.64. The number of piperazine rings is 1. The van der Waals surface area contributed by atoms with E-state index in [1.807, 2.05) is 32.0 Å². The van der Waals surface area contributed by atoms with Crippen molar-refractivity contribution in [3.63, 3.8) is 0 Å². The first-order valence-corrected chi connectivity index (χ1v) is 14.3. The lowest BCUT2D eigenvalue weighted by atomic mass is 10.1. The zero-order valence-electron chi connectivity index (χ0n) is 22.8. The van der Waals surface area contributed by atoms with Gasteiger partial charge in [-0.15, -0.1) is 0 Å². The molecule has 0 saturated carbocycles. The van der Waals surface area contributed by atoms with Gasteiger partial charge in [0.25, 0.3) is 0 Å². The van der Waals surface area contributed by atoms with Crippen molar-refractivity contribution in [1.29, 1.82) is 0 Å². The van der Waals surface area contributed by atoms with E-state index in [4.69, 9.17) is 4.98 Å². The number of benzene rings is 2. The number of aryl methyl sites for hydroxylation is 1. The minimum absolute atomic E-state index is 0.152. The first kappa shape index (κ1) is 28.0. The smallest absolute Gasteiger partial charge is 0.241 e. The van der Waals surface area contributed by atoms with Crippen LogP contribution in [-0.4, -0.2) is 73.8 Å². The molecule has 2 aromatic carbocycles. The number of aliphatic hydroxyl groups is 1. The van der Waals surface area contributed by atoms with E-state index in [0.29, 0.717) is 12.4 Å². The Labute approximate surface area is 226 Å². The van der Waals surface area contributed by atoms with E-state index in [9.17, 15) is 13.5 Å². The number of aromatic nitrogens is 2. The molecule has 1 aliphatic heterocycles. The summed E-state index contributed by atoms with van der Waals surface area (Å²) in [5.74, 6) is 0.505. The molecule has 0 aliphatic carbocycles. The van der Waals surface area contributed by atoms with Crippen molar-refractivity contribution < 1.29 is 13.5 Å². The Kier molecular flexibility index (Phi) is 8.37. The summed E-state index contributed by atoms with van der Waals surface area (Å²) in [5, 5.41) is 12.8. The number of hydrogen-bond acceptors (Lipinski definition) is 8. The molecule has 0 bridgehead atoms. The fraction of sp³-hybridized carbons (Fsp3) is 0.429. The van der Waals surface area contributed by atoms with E-state index >= 15 is 0 Å². The van der Waals surface area contributed by atoms with Gasteiger partial charge in [0.1, 0.15) is 0 Å². The maximum absolute atomic E-state index is 12.9. The Morgan fingerprint density at radius 1 is 1.00 bits per heavy atom. The van der Waals surface area contributed by atoms with Crippen molar-refractivity contribution in [3.8, 4) is 0 Å². The highest BCUT2D eigenvalue weighted by atomic mass is 32.2. The van der Waals surface area contributed by atoms with Gasteiger partial charge >= 0.3 is 0 Å². The minimum Gasteiger partial charge on any atom is -0.394 e. The van der Waals surface area contributed by atoms with Gasteiger partial charge in [-0.25, -0.2) is 23.1 Å². The van der Waals surface area contributed by atoms with E-state index in [1.54, 1.807) is 32.0 Å². The third-order valence-electron chi connectivity index (χ3n) is 6.87. The molecule has 4 rings (SSSR count). The summed E-state index contributed by atoms with van der Waals surface area (Å²) in [5.41, 5.74) is 4.62. The summed E-state index contributed by atoms with van der Waals surface area (Å²) in [6.45, 7) is 11.0. The Bertz CT molecular complexity index is 1370. The summed E-state index contributed by atoms with van der Waals surface area (Å²) >= 11 is 0. The van der Waals surface area contributed by atoms with E-state index in [0.717, 1.165) is 54.4 Å².